The average molecular weight is 401 g/mol. The highest BCUT2D eigenvalue weighted by Crippen LogP contribution is 2.39. The summed E-state index contributed by atoms with van der Waals surface area (Å²) < 4.78 is 0. The monoisotopic (exact) mass is 400 g/mol. The smallest absolute Gasteiger partial charge is 0.135 e. The van der Waals surface area contributed by atoms with Crippen LogP contribution in [0.3, 0.4) is 0 Å². The molecule has 0 heterocycles. The van der Waals surface area contributed by atoms with Crippen LogP contribution < -0.4 is 0 Å². The molecule has 0 aliphatic heterocycles. The minimum Gasteiger partial charge on any atom is -0.300 e. The molecule has 0 N–H and O–H groups in total. The Morgan fingerprint density at radius 1 is 1.10 bits per heavy atom. The summed E-state index contributed by atoms with van der Waals surface area (Å²) in [4.78, 5) is 22.5. The minimum absolute atomic E-state index is 0.228. The van der Waals surface area contributed by atoms with Crippen molar-refractivity contribution in [3.05, 3.63) is 35.4 Å². The quantitative estimate of drug-likeness (QED) is 0.516. The number of hydrogen-bond donors (Lipinski definition) is 0. The normalized spacial score (nSPS) is 21.5. The second-order valence-electron chi connectivity index (χ2n) is 10.7. The van der Waals surface area contributed by atoms with Crippen LogP contribution in [0, 0.1) is 23.2 Å². The lowest BCUT2D eigenvalue weighted by Crippen LogP contribution is -2.18. The number of Topliss-reactive ketones (excluding diaryl/α,β-unsaturated/α-hetero) is 2. The first-order valence-electron chi connectivity index (χ1n) is 11.5. The zero-order valence-corrected chi connectivity index (χ0v) is 20.2. The molecule has 164 valence electrons. The van der Waals surface area contributed by atoms with Crippen LogP contribution in [0.4, 0.5) is 0 Å². The van der Waals surface area contributed by atoms with Crippen LogP contribution in [0.15, 0.2) is 24.3 Å². The van der Waals surface area contributed by atoms with E-state index in [1.165, 1.54) is 17.5 Å². The Kier molecular flexibility index (Phi) is 10.3. The first-order chi connectivity index (χ1) is 13.4. The zero-order valence-electron chi connectivity index (χ0n) is 20.2. The maximum Gasteiger partial charge on any atom is 0.135 e. The molecule has 1 saturated carbocycles. The summed E-state index contributed by atoms with van der Waals surface area (Å²) in [5.41, 5.74) is 3.40. The van der Waals surface area contributed by atoms with Gasteiger partial charge >= 0.3 is 0 Å². The van der Waals surface area contributed by atoms with Crippen LogP contribution in [0.25, 0.3) is 0 Å². The molecule has 0 radical (unpaired) electrons. The summed E-state index contributed by atoms with van der Waals surface area (Å²) in [7, 11) is 0. The number of hydrogen-bond acceptors (Lipinski definition) is 2. The molecule has 3 rings (SSSR count). The van der Waals surface area contributed by atoms with Crippen molar-refractivity contribution in [2.45, 2.75) is 99.8 Å². The van der Waals surface area contributed by atoms with Crippen molar-refractivity contribution in [3.8, 4) is 0 Å². The van der Waals surface area contributed by atoms with Gasteiger partial charge in [0.15, 0.2) is 0 Å². The molecule has 3 atom stereocenters. The number of ketones is 2. The van der Waals surface area contributed by atoms with Gasteiger partial charge in [-0.25, -0.2) is 0 Å². The Hall–Kier alpha value is -1.44. The minimum atomic E-state index is 0.228. The third-order valence-electron chi connectivity index (χ3n) is 6.04. The molecular formula is C27H44O2. The lowest BCUT2D eigenvalue weighted by molar-refractivity contribution is -0.124. The molecule has 1 aromatic rings. The summed E-state index contributed by atoms with van der Waals surface area (Å²) in [6.07, 6.45) is 6.37. The van der Waals surface area contributed by atoms with Crippen molar-refractivity contribution in [1.82, 2.24) is 0 Å². The third kappa shape index (κ3) is 9.28. The predicted molar refractivity (Wildman–Crippen MR) is 124 cm³/mol. The lowest BCUT2D eigenvalue weighted by atomic mass is 9.83. The van der Waals surface area contributed by atoms with Gasteiger partial charge in [-0.2, -0.15) is 0 Å². The maximum atomic E-state index is 12.0. The first-order valence-corrected chi connectivity index (χ1v) is 11.5. The Labute approximate surface area is 179 Å². The highest BCUT2D eigenvalue weighted by molar-refractivity contribution is 5.81. The van der Waals surface area contributed by atoms with Crippen molar-refractivity contribution in [2.24, 2.45) is 23.2 Å². The standard InChI is InChI=1S/C16H22O.C6H10O.C5H12/c1-4-11(2)16(17)10-14-9-13-7-5-6-8-15(13)12(14)3;1-5(7)6-3-2-4-6;1-5(2,3)4/h5-8,11-12,14H,4,9-10H2,1-3H3;6H,2-4H2,1H3;1-4H3. The van der Waals surface area contributed by atoms with Crippen molar-refractivity contribution >= 4 is 11.6 Å². The van der Waals surface area contributed by atoms with Gasteiger partial charge in [-0.1, -0.05) is 79.2 Å². The van der Waals surface area contributed by atoms with Crippen LogP contribution in [0.5, 0.6) is 0 Å². The van der Waals surface area contributed by atoms with Crippen molar-refractivity contribution in [3.63, 3.8) is 0 Å². The van der Waals surface area contributed by atoms with Crippen LogP contribution in [-0.4, -0.2) is 11.6 Å². The van der Waals surface area contributed by atoms with Gasteiger partial charge in [0, 0.05) is 18.3 Å². The zero-order chi connectivity index (χ0) is 22.2. The number of rotatable bonds is 5. The molecule has 0 saturated heterocycles. The predicted octanol–water partition coefficient (Wildman–Crippen LogP) is 7.40. The largest absolute Gasteiger partial charge is 0.300 e. The molecule has 0 spiro atoms. The summed E-state index contributed by atoms with van der Waals surface area (Å²) in [5, 5.41) is 0. The lowest BCUT2D eigenvalue weighted by Gasteiger charge is -2.21. The van der Waals surface area contributed by atoms with E-state index in [0.29, 0.717) is 34.7 Å². The van der Waals surface area contributed by atoms with Crippen molar-refractivity contribution < 1.29 is 9.59 Å². The van der Waals surface area contributed by atoms with Gasteiger partial charge in [0.1, 0.15) is 11.6 Å². The molecule has 0 aromatic heterocycles. The fourth-order valence-electron chi connectivity index (χ4n) is 3.63. The Morgan fingerprint density at radius 3 is 2.03 bits per heavy atom. The van der Waals surface area contributed by atoms with Crippen LogP contribution in [-0.2, 0) is 16.0 Å². The highest BCUT2D eigenvalue weighted by Gasteiger charge is 2.30. The molecule has 29 heavy (non-hydrogen) atoms. The fraction of sp³-hybridized carbons (Fsp3) is 0.704. The molecule has 0 bridgehead atoms. The first kappa shape index (κ1) is 25.6. The van der Waals surface area contributed by atoms with E-state index in [9.17, 15) is 9.59 Å². The van der Waals surface area contributed by atoms with Crippen molar-refractivity contribution in [2.75, 3.05) is 0 Å². The maximum absolute atomic E-state index is 12.0. The summed E-state index contributed by atoms with van der Waals surface area (Å²) >= 11 is 0. The van der Waals surface area contributed by atoms with Gasteiger partial charge in [0.25, 0.3) is 0 Å². The van der Waals surface area contributed by atoms with E-state index in [4.69, 9.17) is 0 Å². The molecule has 1 aromatic carbocycles. The van der Waals surface area contributed by atoms with E-state index in [1.54, 1.807) is 6.92 Å². The van der Waals surface area contributed by atoms with Gasteiger partial charge < -0.3 is 0 Å². The van der Waals surface area contributed by atoms with Gasteiger partial charge in [-0.05, 0) is 61.0 Å². The molecule has 2 nitrogen and oxygen atoms in total. The number of fused-ring (bicyclic) bond motifs is 1. The fourth-order valence-corrected chi connectivity index (χ4v) is 3.63. The molecule has 2 aliphatic carbocycles. The van der Waals surface area contributed by atoms with E-state index in [2.05, 4.69) is 72.7 Å². The Bertz CT molecular complexity index is 643. The molecule has 1 fully saturated rings. The summed E-state index contributed by atoms with van der Waals surface area (Å²) in [6.45, 7) is 16.8. The number of carbonyl (C=O) groups is 2. The van der Waals surface area contributed by atoms with Crippen molar-refractivity contribution in [1.29, 1.82) is 0 Å². The number of carbonyl (C=O) groups excluding carboxylic acids is 2. The van der Waals surface area contributed by atoms with E-state index in [1.807, 2.05) is 0 Å². The molecule has 3 unspecified atom stereocenters. The molecule has 2 heteroatoms. The summed E-state index contributed by atoms with van der Waals surface area (Å²) in [5.74, 6) is 2.56. The number of benzene rings is 1. The van der Waals surface area contributed by atoms with Gasteiger partial charge in [0.2, 0.25) is 0 Å². The third-order valence-corrected chi connectivity index (χ3v) is 6.04. The van der Waals surface area contributed by atoms with Gasteiger partial charge in [0.05, 0.1) is 0 Å². The highest BCUT2D eigenvalue weighted by atomic mass is 16.1. The van der Waals surface area contributed by atoms with Crippen LogP contribution in [0.2, 0.25) is 0 Å². The van der Waals surface area contributed by atoms with Crippen LogP contribution >= 0.6 is 0 Å². The molecule has 0 amide bonds. The van der Waals surface area contributed by atoms with E-state index in [-0.39, 0.29) is 5.92 Å². The second-order valence-corrected chi connectivity index (χ2v) is 10.7. The Morgan fingerprint density at radius 2 is 1.66 bits per heavy atom. The van der Waals surface area contributed by atoms with Gasteiger partial charge in [-0.3, -0.25) is 9.59 Å². The molecule has 2 aliphatic rings. The van der Waals surface area contributed by atoms with Crippen LogP contribution in [0.1, 0.15) is 105 Å². The second kappa shape index (κ2) is 11.7. The van der Waals surface area contributed by atoms with E-state index < -0.39 is 0 Å². The van der Waals surface area contributed by atoms with Gasteiger partial charge in [-0.15, -0.1) is 0 Å². The summed E-state index contributed by atoms with van der Waals surface area (Å²) in [6, 6.07) is 8.63. The molecular weight excluding hydrogens is 356 g/mol. The Balaban J connectivity index is 0.000000288. The van der Waals surface area contributed by atoms with E-state index in [0.717, 1.165) is 32.1 Å². The van der Waals surface area contributed by atoms with E-state index >= 15 is 0 Å². The SMILES string of the molecule is CC(=O)C1CCC1.CC(C)(C)C.CCC(C)C(=O)CC1Cc2ccccc2C1C. The topological polar surface area (TPSA) is 34.1 Å². The average Bonchev–Trinajstić information content (AvgIpc) is 2.87.